The van der Waals surface area contributed by atoms with Crippen LogP contribution in [0.15, 0.2) is 34.9 Å². The number of hydrogen-bond donors (Lipinski definition) is 1. The highest BCUT2D eigenvalue weighted by atomic mass is 19.1. The van der Waals surface area contributed by atoms with E-state index in [0.29, 0.717) is 16.7 Å². The second-order valence-corrected chi connectivity index (χ2v) is 4.10. The van der Waals surface area contributed by atoms with E-state index >= 15 is 0 Å². The molecule has 1 aromatic carbocycles. The standard InChI is InChI=1S/C13H9FN2O3/c1-16-12(8(6-15-16)13(17)18)11-5-7-9(14)3-2-4-10(7)19-11/h2-6H,1H3,(H,17,18). The van der Waals surface area contributed by atoms with Crippen molar-refractivity contribution in [1.82, 2.24) is 9.78 Å². The minimum atomic E-state index is -1.11. The lowest BCUT2D eigenvalue weighted by Gasteiger charge is -1.99. The average Bonchev–Trinajstić information content (AvgIpc) is 2.92. The number of furan rings is 1. The minimum Gasteiger partial charge on any atom is -0.478 e. The van der Waals surface area contributed by atoms with Crippen LogP contribution in [0.2, 0.25) is 0 Å². The number of aryl methyl sites for hydroxylation is 1. The van der Waals surface area contributed by atoms with Gasteiger partial charge in [0.2, 0.25) is 0 Å². The molecule has 3 aromatic rings. The Bertz CT molecular complexity index is 788. The second-order valence-electron chi connectivity index (χ2n) is 4.10. The van der Waals surface area contributed by atoms with E-state index in [4.69, 9.17) is 9.52 Å². The number of carbonyl (C=O) groups is 1. The smallest absolute Gasteiger partial charge is 0.339 e. The maximum Gasteiger partial charge on any atom is 0.339 e. The monoisotopic (exact) mass is 260 g/mol. The van der Waals surface area contributed by atoms with Gasteiger partial charge in [0.15, 0.2) is 5.76 Å². The molecule has 0 aliphatic heterocycles. The molecule has 0 aliphatic carbocycles. The van der Waals surface area contributed by atoms with Crippen molar-refractivity contribution in [2.24, 2.45) is 7.05 Å². The summed E-state index contributed by atoms with van der Waals surface area (Å²) in [7, 11) is 1.60. The van der Waals surface area contributed by atoms with Gasteiger partial charge in [0, 0.05) is 7.05 Å². The molecule has 0 unspecified atom stereocenters. The number of hydrogen-bond acceptors (Lipinski definition) is 3. The SMILES string of the molecule is Cn1ncc(C(=O)O)c1-c1cc2c(F)cccc2o1. The second kappa shape index (κ2) is 3.94. The Morgan fingerprint density at radius 2 is 2.26 bits per heavy atom. The maximum absolute atomic E-state index is 13.6. The van der Waals surface area contributed by atoms with Gasteiger partial charge >= 0.3 is 5.97 Å². The summed E-state index contributed by atoms with van der Waals surface area (Å²) in [6.07, 6.45) is 1.24. The third kappa shape index (κ3) is 1.69. The van der Waals surface area contributed by atoms with E-state index in [1.54, 1.807) is 13.1 Å². The van der Waals surface area contributed by atoms with E-state index in [1.807, 2.05) is 0 Å². The van der Waals surface area contributed by atoms with E-state index < -0.39 is 11.8 Å². The number of halogens is 1. The molecule has 0 amide bonds. The summed E-state index contributed by atoms with van der Waals surface area (Å²) in [5.74, 6) is -1.24. The first-order valence-corrected chi connectivity index (χ1v) is 5.51. The molecule has 0 atom stereocenters. The molecular formula is C13H9FN2O3. The molecule has 19 heavy (non-hydrogen) atoms. The topological polar surface area (TPSA) is 68.3 Å². The predicted molar refractivity (Wildman–Crippen MR) is 65.3 cm³/mol. The minimum absolute atomic E-state index is 0.0157. The number of fused-ring (bicyclic) bond motifs is 1. The van der Waals surface area contributed by atoms with Gasteiger partial charge in [0.05, 0.1) is 11.6 Å². The van der Waals surface area contributed by atoms with Crippen LogP contribution in [0, 0.1) is 5.82 Å². The van der Waals surface area contributed by atoms with Gasteiger partial charge < -0.3 is 9.52 Å². The van der Waals surface area contributed by atoms with Crippen LogP contribution >= 0.6 is 0 Å². The highest BCUT2D eigenvalue weighted by Crippen LogP contribution is 2.30. The van der Waals surface area contributed by atoms with Crippen LogP contribution in [0.5, 0.6) is 0 Å². The summed E-state index contributed by atoms with van der Waals surface area (Å²) >= 11 is 0. The largest absolute Gasteiger partial charge is 0.478 e. The molecule has 0 saturated carbocycles. The molecule has 0 radical (unpaired) electrons. The maximum atomic E-state index is 13.6. The highest BCUT2D eigenvalue weighted by molar-refractivity contribution is 5.95. The van der Waals surface area contributed by atoms with E-state index in [1.165, 1.54) is 29.1 Å². The Labute approximate surface area is 106 Å². The molecule has 5 nitrogen and oxygen atoms in total. The lowest BCUT2D eigenvalue weighted by molar-refractivity contribution is 0.0697. The van der Waals surface area contributed by atoms with Crippen molar-refractivity contribution in [3.63, 3.8) is 0 Å². The lowest BCUT2D eigenvalue weighted by Crippen LogP contribution is -1.99. The number of carboxylic acids is 1. The molecule has 96 valence electrons. The zero-order valence-electron chi connectivity index (χ0n) is 9.92. The Balaban J connectivity index is 2.28. The van der Waals surface area contributed by atoms with Gasteiger partial charge in [-0.05, 0) is 18.2 Å². The van der Waals surface area contributed by atoms with Gasteiger partial charge in [0.1, 0.15) is 22.7 Å². The molecule has 0 saturated heterocycles. The van der Waals surface area contributed by atoms with Crippen molar-refractivity contribution in [2.45, 2.75) is 0 Å². The van der Waals surface area contributed by atoms with E-state index in [2.05, 4.69) is 5.10 Å². The number of aromatic nitrogens is 2. The van der Waals surface area contributed by atoms with Crippen molar-refractivity contribution < 1.29 is 18.7 Å². The summed E-state index contributed by atoms with van der Waals surface area (Å²) < 4.78 is 20.5. The fourth-order valence-corrected chi connectivity index (χ4v) is 2.03. The zero-order valence-corrected chi connectivity index (χ0v) is 9.92. The molecule has 1 N–H and O–H groups in total. The first-order chi connectivity index (χ1) is 9.08. The van der Waals surface area contributed by atoms with Gasteiger partial charge in [0.25, 0.3) is 0 Å². The van der Waals surface area contributed by atoms with Crippen LogP contribution in [-0.2, 0) is 7.05 Å². The molecule has 2 aromatic heterocycles. The fourth-order valence-electron chi connectivity index (χ4n) is 2.03. The third-order valence-corrected chi connectivity index (χ3v) is 2.91. The quantitative estimate of drug-likeness (QED) is 0.769. The molecule has 2 heterocycles. The molecule has 3 rings (SSSR count). The van der Waals surface area contributed by atoms with Gasteiger partial charge in [-0.1, -0.05) is 6.07 Å². The Morgan fingerprint density at radius 3 is 2.95 bits per heavy atom. The van der Waals surface area contributed by atoms with E-state index in [9.17, 15) is 9.18 Å². The van der Waals surface area contributed by atoms with Crippen molar-refractivity contribution in [2.75, 3.05) is 0 Å². The number of carboxylic acid groups (broad SMARTS) is 1. The van der Waals surface area contributed by atoms with Crippen molar-refractivity contribution in [1.29, 1.82) is 0 Å². The van der Waals surface area contributed by atoms with Gasteiger partial charge in [-0.2, -0.15) is 5.10 Å². The normalized spacial score (nSPS) is 11.1. The predicted octanol–water partition coefficient (Wildman–Crippen LogP) is 2.67. The van der Waals surface area contributed by atoms with Gasteiger partial charge in [-0.25, -0.2) is 9.18 Å². The third-order valence-electron chi connectivity index (χ3n) is 2.91. The summed E-state index contributed by atoms with van der Waals surface area (Å²) in [5.41, 5.74) is 0.692. The van der Waals surface area contributed by atoms with Crippen LogP contribution in [0.1, 0.15) is 10.4 Å². The summed E-state index contributed by atoms with van der Waals surface area (Å²) in [6.45, 7) is 0. The van der Waals surface area contributed by atoms with Crippen LogP contribution in [-0.4, -0.2) is 20.9 Å². The van der Waals surface area contributed by atoms with Crippen molar-refractivity contribution >= 4 is 16.9 Å². The molecule has 0 bridgehead atoms. The van der Waals surface area contributed by atoms with Crippen molar-refractivity contribution in [3.05, 3.63) is 41.8 Å². The molecular weight excluding hydrogens is 251 g/mol. The Morgan fingerprint density at radius 1 is 1.47 bits per heavy atom. The zero-order chi connectivity index (χ0) is 13.6. The molecule has 0 spiro atoms. The van der Waals surface area contributed by atoms with E-state index in [0.717, 1.165) is 0 Å². The number of rotatable bonds is 2. The Kier molecular flexibility index (Phi) is 2.38. The average molecular weight is 260 g/mol. The first-order valence-electron chi connectivity index (χ1n) is 5.51. The summed E-state index contributed by atoms with van der Waals surface area (Å²) in [4.78, 5) is 11.1. The van der Waals surface area contributed by atoms with Crippen LogP contribution in [0.4, 0.5) is 4.39 Å². The summed E-state index contributed by atoms with van der Waals surface area (Å²) in [5, 5.41) is 13.3. The molecule has 0 fully saturated rings. The van der Waals surface area contributed by atoms with E-state index in [-0.39, 0.29) is 11.3 Å². The van der Waals surface area contributed by atoms with Crippen molar-refractivity contribution in [3.8, 4) is 11.5 Å². The molecule has 6 heteroatoms. The fraction of sp³-hybridized carbons (Fsp3) is 0.0769. The van der Waals surface area contributed by atoms with Crippen LogP contribution in [0.25, 0.3) is 22.4 Å². The number of benzene rings is 1. The summed E-state index contributed by atoms with van der Waals surface area (Å²) in [6, 6.07) is 5.96. The highest BCUT2D eigenvalue weighted by Gasteiger charge is 2.20. The van der Waals surface area contributed by atoms with Crippen LogP contribution in [0.3, 0.4) is 0 Å². The molecule has 0 aliphatic rings. The Hall–Kier alpha value is -2.63. The number of aromatic carboxylic acids is 1. The van der Waals surface area contributed by atoms with Gasteiger partial charge in [-0.3, -0.25) is 4.68 Å². The lowest BCUT2D eigenvalue weighted by atomic mass is 10.2. The van der Waals surface area contributed by atoms with Crippen LogP contribution < -0.4 is 0 Å². The van der Waals surface area contributed by atoms with Gasteiger partial charge in [-0.15, -0.1) is 0 Å². The first kappa shape index (κ1) is 11.5. The number of nitrogens with zero attached hydrogens (tertiary/aromatic N) is 2.